The lowest BCUT2D eigenvalue weighted by Crippen LogP contribution is -2.27. The van der Waals surface area contributed by atoms with E-state index in [1.54, 1.807) is 24.3 Å². The molecule has 0 atom stereocenters. The summed E-state index contributed by atoms with van der Waals surface area (Å²) in [5, 5.41) is 2.69. The SMILES string of the molecule is CCCCNC(=O)Oc1cccc(-c2sc(C)cc2C(N)=O)c1. The number of ether oxygens (including phenoxy) is 1. The smallest absolute Gasteiger partial charge is 0.410 e. The number of nitrogens with one attached hydrogen (secondary N) is 1. The van der Waals surface area contributed by atoms with Crippen molar-refractivity contribution in [3.8, 4) is 16.2 Å². The van der Waals surface area contributed by atoms with Crippen molar-refractivity contribution in [3.05, 3.63) is 40.8 Å². The zero-order chi connectivity index (χ0) is 16.8. The lowest BCUT2D eigenvalue weighted by molar-refractivity contribution is 0.100. The van der Waals surface area contributed by atoms with Gasteiger partial charge in [-0.25, -0.2) is 4.79 Å². The van der Waals surface area contributed by atoms with Gasteiger partial charge in [0.2, 0.25) is 5.91 Å². The number of hydrogen-bond acceptors (Lipinski definition) is 4. The first-order valence-corrected chi connectivity index (χ1v) is 8.29. The van der Waals surface area contributed by atoms with Gasteiger partial charge in [0, 0.05) is 16.3 Å². The van der Waals surface area contributed by atoms with E-state index in [9.17, 15) is 9.59 Å². The van der Waals surface area contributed by atoms with E-state index in [4.69, 9.17) is 10.5 Å². The van der Waals surface area contributed by atoms with E-state index < -0.39 is 12.0 Å². The summed E-state index contributed by atoms with van der Waals surface area (Å²) in [6.07, 6.45) is 1.43. The van der Waals surface area contributed by atoms with Gasteiger partial charge in [0.05, 0.1) is 5.56 Å². The lowest BCUT2D eigenvalue weighted by Gasteiger charge is -2.08. The minimum absolute atomic E-state index is 0.429. The second kappa shape index (κ2) is 7.78. The van der Waals surface area contributed by atoms with E-state index in [-0.39, 0.29) is 0 Å². The molecule has 0 radical (unpaired) electrons. The molecule has 0 bridgehead atoms. The number of amides is 2. The van der Waals surface area contributed by atoms with Gasteiger partial charge >= 0.3 is 6.09 Å². The number of thiophene rings is 1. The molecule has 23 heavy (non-hydrogen) atoms. The van der Waals surface area contributed by atoms with Crippen molar-refractivity contribution in [1.29, 1.82) is 0 Å². The van der Waals surface area contributed by atoms with E-state index >= 15 is 0 Å². The molecule has 1 aromatic heterocycles. The Balaban J connectivity index is 2.17. The van der Waals surface area contributed by atoms with Crippen LogP contribution in [0.2, 0.25) is 0 Å². The molecule has 0 saturated carbocycles. The maximum Gasteiger partial charge on any atom is 0.412 e. The van der Waals surface area contributed by atoms with Crippen LogP contribution in [0.1, 0.15) is 35.0 Å². The highest BCUT2D eigenvalue weighted by molar-refractivity contribution is 7.15. The molecule has 5 nitrogen and oxygen atoms in total. The Morgan fingerprint density at radius 2 is 2.09 bits per heavy atom. The van der Waals surface area contributed by atoms with Gasteiger partial charge in [-0.15, -0.1) is 11.3 Å². The Morgan fingerprint density at radius 3 is 2.78 bits per heavy atom. The van der Waals surface area contributed by atoms with Crippen LogP contribution in [0.25, 0.3) is 10.4 Å². The van der Waals surface area contributed by atoms with Gasteiger partial charge in [0.15, 0.2) is 0 Å². The monoisotopic (exact) mass is 332 g/mol. The van der Waals surface area contributed by atoms with Crippen molar-refractivity contribution in [1.82, 2.24) is 5.32 Å². The molecule has 0 aliphatic heterocycles. The summed E-state index contributed by atoms with van der Waals surface area (Å²) in [5.41, 5.74) is 6.71. The zero-order valence-electron chi connectivity index (χ0n) is 13.2. The number of carbonyl (C=O) groups is 2. The van der Waals surface area contributed by atoms with Crippen molar-refractivity contribution in [2.45, 2.75) is 26.7 Å². The van der Waals surface area contributed by atoms with Crippen molar-refractivity contribution in [2.24, 2.45) is 5.73 Å². The molecule has 6 heteroatoms. The Bertz CT molecular complexity index is 710. The fourth-order valence-electron chi connectivity index (χ4n) is 2.12. The first-order chi connectivity index (χ1) is 11.0. The predicted molar refractivity (Wildman–Crippen MR) is 91.9 cm³/mol. The molecule has 2 aromatic rings. The second-order valence-electron chi connectivity index (χ2n) is 5.16. The third-order valence-corrected chi connectivity index (χ3v) is 4.33. The van der Waals surface area contributed by atoms with Crippen LogP contribution in [0.15, 0.2) is 30.3 Å². The van der Waals surface area contributed by atoms with Crippen LogP contribution in [-0.4, -0.2) is 18.5 Å². The van der Waals surface area contributed by atoms with Gasteiger partial charge in [0.25, 0.3) is 0 Å². The van der Waals surface area contributed by atoms with Crippen molar-refractivity contribution >= 4 is 23.3 Å². The lowest BCUT2D eigenvalue weighted by atomic mass is 10.1. The van der Waals surface area contributed by atoms with Crippen LogP contribution in [0.4, 0.5) is 4.79 Å². The van der Waals surface area contributed by atoms with Crippen molar-refractivity contribution in [3.63, 3.8) is 0 Å². The first-order valence-electron chi connectivity index (χ1n) is 7.47. The number of hydrogen-bond donors (Lipinski definition) is 2. The van der Waals surface area contributed by atoms with E-state index in [2.05, 4.69) is 12.2 Å². The highest BCUT2D eigenvalue weighted by Gasteiger charge is 2.14. The van der Waals surface area contributed by atoms with E-state index in [1.165, 1.54) is 11.3 Å². The summed E-state index contributed by atoms with van der Waals surface area (Å²) in [7, 11) is 0. The summed E-state index contributed by atoms with van der Waals surface area (Å²) < 4.78 is 5.27. The molecular weight excluding hydrogens is 312 g/mol. The molecule has 0 fully saturated rings. The van der Waals surface area contributed by atoms with Crippen LogP contribution in [0.3, 0.4) is 0 Å². The number of nitrogens with two attached hydrogens (primary N) is 1. The minimum atomic E-state index is -0.479. The molecule has 2 rings (SSSR count). The van der Waals surface area contributed by atoms with Crippen molar-refractivity contribution in [2.75, 3.05) is 6.54 Å². The van der Waals surface area contributed by atoms with E-state index in [0.717, 1.165) is 28.2 Å². The molecule has 0 spiro atoms. The highest BCUT2D eigenvalue weighted by atomic mass is 32.1. The maximum atomic E-state index is 11.7. The summed E-state index contributed by atoms with van der Waals surface area (Å²) in [5.74, 6) is -0.0362. The standard InChI is InChI=1S/C17H20N2O3S/c1-3-4-8-19-17(21)22-13-7-5-6-12(10-13)15-14(16(18)20)9-11(2)23-15/h5-7,9-10H,3-4,8H2,1-2H3,(H2,18,20)(H,19,21). The molecule has 1 heterocycles. The van der Waals surface area contributed by atoms with Gasteiger partial charge in [-0.1, -0.05) is 25.5 Å². The van der Waals surface area contributed by atoms with Gasteiger partial charge < -0.3 is 15.8 Å². The fraction of sp³-hybridized carbons (Fsp3) is 0.294. The molecule has 0 unspecified atom stereocenters. The summed E-state index contributed by atoms with van der Waals surface area (Å²) in [6.45, 7) is 4.56. The third kappa shape index (κ3) is 4.56. The van der Waals surface area contributed by atoms with Crippen LogP contribution in [0, 0.1) is 6.92 Å². The normalized spacial score (nSPS) is 10.3. The molecule has 3 N–H and O–H groups in total. The molecule has 0 aliphatic carbocycles. The van der Waals surface area contributed by atoms with Gasteiger partial charge in [0.1, 0.15) is 5.75 Å². The Labute approximate surface area is 139 Å². The third-order valence-electron chi connectivity index (χ3n) is 3.23. The van der Waals surface area contributed by atoms with Gasteiger partial charge in [-0.2, -0.15) is 0 Å². The zero-order valence-corrected chi connectivity index (χ0v) is 14.0. The quantitative estimate of drug-likeness (QED) is 0.791. The number of rotatable bonds is 6. The van der Waals surface area contributed by atoms with Crippen LogP contribution in [-0.2, 0) is 0 Å². The maximum absolute atomic E-state index is 11.7. The van der Waals surface area contributed by atoms with Crippen LogP contribution < -0.4 is 15.8 Å². The predicted octanol–water partition coefficient (Wildman–Crippen LogP) is 3.71. The van der Waals surface area contributed by atoms with Crippen molar-refractivity contribution < 1.29 is 14.3 Å². The Hall–Kier alpha value is -2.34. The van der Waals surface area contributed by atoms with Gasteiger partial charge in [-0.3, -0.25) is 4.79 Å². The number of carbonyl (C=O) groups excluding carboxylic acids is 2. The fourth-order valence-corrected chi connectivity index (χ4v) is 3.14. The second-order valence-corrected chi connectivity index (χ2v) is 6.42. The summed E-state index contributed by atoms with van der Waals surface area (Å²) >= 11 is 1.48. The first kappa shape index (κ1) is 17.0. The molecule has 2 amide bonds. The summed E-state index contributed by atoms with van der Waals surface area (Å²) in [6, 6.07) is 8.85. The highest BCUT2D eigenvalue weighted by Crippen LogP contribution is 2.34. The number of unbranched alkanes of at least 4 members (excludes halogenated alkanes) is 1. The minimum Gasteiger partial charge on any atom is -0.410 e. The number of primary amides is 1. The molecule has 0 aliphatic rings. The van der Waals surface area contributed by atoms with Crippen LogP contribution >= 0.6 is 11.3 Å². The topological polar surface area (TPSA) is 81.4 Å². The average Bonchev–Trinajstić information content (AvgIpc) is 2.90. The molecular formula is C17H20N2O3S. The van der Waals surface area contributed by atoms with Gasteiger partial charge in [-0.05, 0) is 37.1 Å². The Kier molecular flexibility index (Phi) is 5.76. The summed E-state index contributed by atoms with van der Waals surface area (Å²) in [4.78, 5) is 25.0. The number of aryl methyl sites for hydroxylation is 1. The largest absolute Gasteiger partial charge is 0.412 e. The molecule has 1 aromatic carbocycles. The molecule has 122 valence electrons. The van der Waals surface area contributed by atoms with E-state index in [0.29, 0.717) is 17.9 Å². The molecule has 0 saturated heterocycles. The number of benzene rings is 1. The van der Waals surface area contributed by atoms with E-state index in [1.807, 2.05) is 13.0 Å². The Morgan fingerprint density at radius 1 is 1.30 bits per heavy atom. The van der Waals surface area contributed by atoms with Crippen LogP contribution in [0.5, 0.6) is 5.75 Å². The average molecular weight is 332 g/mol.